The van der Waals surface area contributed by atoms with Crippen LogP contribution in [0.4, 0.5) is 8.78 Å². The van der Waals surface area contributed by atoms with Crippen LogP contribution in [0.1, 0.15) is 37.7 Å². The second-order valence-electron chi connectivity index (χ2n) is 8.93. The van der Waals surface area contributed by atoms with Crippen molar-refractivity contribution in [3.8, 4) is 11.1 Å². The van der Waals surface area contributed by atoms with Crippen LogP contribution in [0.25, 0.3) is 11.1 Å². The number of hydrogen-bond acceptors (Lipinski definition) is 3. The van der Waals surface area contributed by atoms with Gasteiger partial charge in [0.2, 0.25) is 15.9 Å². The molecule has 0 spiro atoms. The van der Waals surface area contributed by atoms with E-state index < -0.39 is 27.2 Å². The maximum absolute atomic E-state index is 14.4. The van der Waals surface area contributed by atoms with Crippen LogP contribution in [0.15, 0.2) is 42.5 Å². The molecule has 1 aliphatic carbocycles. The summed E-state index contributed by atoms with van der Waals surface area (Å²) in [5.41, 5.74) is 0.471. The average molecular weight is 449 g/mol. The fraction of sp³-hybridized carbons (Fsp3) is 0.435. The molecule has 31 heavy (non-hydrogen) atoms. The molecule has 1 saturated carbocycles. The summed E-state index contributed by atoms with van der Waals surface area (Å²) in [6, 6.07) is 10.8. The topological polar surface area (TPSA) is 66.5 Å². The molecule has 8 heteroatoms. The normalized spacial score (nSPS) is 26.0. The molecule has 0 bridgehead atoms. The molecule has 0 radical (unpaired) electrons. The van der Waals surface area contributed by atoms with Crippen molar-refractivity contribution in [3.63, 3.8) is 0 Å². The largest absolute Gasteiger partial charge is 0.341 e. The number of likely N-dealkylation sites (tertiary alicyclic amines) is 1. The van der Waals surface area contributed by atoms with Crippen LogP contribution >= 0.6 is 0 Å². The number of nitrogens with one attached hydrogen (secondary N) is 1. The summed E-state index contributed by atoms with van der Waals surface area (Å²) >= 11 is 0. The van der Waals surface area contributed by atoms with Gasteiger partial charge in [0.25, 0.3) is 0 Å². The van der Waals surface area contributed by atoms with E-state index in [1.807, 2.05) is 19.1 Å². The molecule has 2 aromatic rings. The molecule has 1 aliphatic heterocycles. The first-order valence-corrected chi connectivity index (χ1v) is 12.3. The Hall–Kier alpha value is -2.32. The average Bonchev–Trinajstić information content (AvgIpc) is 3.46. The molecule has 0 unspecified atom stereocenters. The van der Waals surface area contributed by atoms with E-state index in [2.05, 4.69) is 4.72 Å². The Morgan fingerprint density at radius 1 is 1.13 bits per heavy atom. The molecule has 1 heterocycles. The van der Waals surface area contributed by atoms with Crippen LogP contribution in [0, 0.1) is 17.6 Å². The van der Waals surface area contributed by atoms with Gasteiger partial charge < -0.3 is 4.90 Å². The van der Waals surface area contributed by atoms with Gasteiger partial charge in [-0.25, -0.2) is 21.9 Å². The van der Waals surface area contributed by atoms with E-state index in [4.69, 9.17) is 0 Å². The van der Waals surface area contributed by atoms with Crippen molar-refractivity contribution in [2.75, 3.05) is 19.3 Å². The van der Waals surface area contributed by atoms with Crippen molar-refractivity contribution in [2.24, 2.45) is 5.92 Å². The molecule has 1 amide bonds. The van der Waals surface area contributed by atoms with E-state index in [9.17, 15) is 22.0 Å². The molecular formula is C23H26F2N2O3S. The van der Waals surface area contributed by atoms with Gasteiger partial charge in [-0.15, -0.1) is 0 Å². The van der Waals surface area contributed by atoms with Gasteiger partial charge in [0.05, 0.1) is 11.8 Å². The molecule has 4 rings (SSSR count). The molecule has 2 aliphatic rings. The highest BCUT2D eigenvalue weighted by atomic mass is 32.2. The molecule has 2 aromatic carbocycles. The highest BCUT2D eigenvalue weighted by Crippen LogP contribution is 2.51. The quantitative estimate of drug-likeness (QED) is 0.759. The summed E-state index contributed by atoms with van der Waals surface area (Å²) in [6.45, 7) is 2.70. The van der Waals surface area contributed by atoms with Crippen molar-refractivity contribution in [3.05, 3.63) is 59.7 Å². The SMILES string of the molecule is C[C@]1(NS(C)(=O)=O)CCCN(C(=O)[C@@H]2C[C@H]2c2ccccc2-c2c(F)cccc2F)C1. The van der Waals surface area contributed by atoms with Gasteiger partial charge in [0.15, 0.2) is 0 Å². The molecular weight excluding hydrogens is 422 g/mol. The third-order valence-electron chi connectivity index (χ3n) is 6.14. The maximum atomic E-state index is 14.4. The number of hydrogen-bond donors (Lipinski definition) is 1. The van der Waals surface area contributed by atoms with E-state index in [0.717, 1.165) is 11.8 Å². The number of halogens is 2. The summed E-state index contributed by atoms with van der Waals surface area (Å²) in [6.07, 6.45) is 3.10. The third-order valence-corrected chi connectivity index (χ3v) is 7.00. The lowest BCUT2D eigenvalue weighted by atomic mass is 9.91. The highest BCUT2D eigenvalue weighted by Gasteiger charge is 2.48. The molecule has 1 N–H and O–H groups in total. The fourth-order valence-corrected chi connectivity index (χ4v) is 5.87. The Balaban J connectivity index is 1.54. The van der Waals surface area contributed by atoms with Gasteiger partial charge in [-0.05, 0) is 55.4 Å². The summed E-state index contributed by atoms with van der Waals surface area (Å²) < 4.78 is 54.9. The monoisotopic (exact) mass is 448 g/mol. The Morgan fingerprint density at radius 3 is 2.48 bits per heavy atom. The molecule has 3 atom stereocenters. The summed E-state index contributed by atoms with van der Waals surface area (Å²) in [5, 5.41) is 0. The van der Waals surface area contributed by atoms with Crippen LogP contribution < -0.4 is 4.72 Å². The second kappa shape index (κ2) is 7.98. The van der Waals surface area contributed by atoms with Gasteiger partial charge >= 0.3 is 0 Å². The van der Waals surface area contributed by atoms with E-state index in [-0.39, 0.29) is 23.3 Å². The second-order valence-corrected chi connectivity index (χ2v) is 10.7. The van der Waals surface area contributed by atoms with E-state index in [1.54, 1.807) is 17.0 Å². The first-order chi connectivity index (χ1) is 14.6. The summed E-state index contributed by atoms with van der Waals surface area (Å²) in [4.78, 5) is 14.9. The predicted molar refractivity (Wildman–Crippen MR) is 115 cm³/mol. The maximum Gasteiger partial charge on any atom is 0.226 e. The summed E-state index contributed by atoms with van der Waals surface area (Å²) in [7, 11) is -3.39. The minimum atomic E-state index is -3.39. The van der Waals surface area contributed by atoms with Crippen molar-refractivity contribution in [2.45, 2.75) is 37.6 Å². The zero-order chi connectivity index (χ0) is 22.4. The van der Waals surface area contributed by atoms with Crippen molar-refractivity contribution in [1.82, 2.24) is 9.62 Å². The number of benzene rings is 2. The van der Waals surface area contributed by atoms with Crippen LogP contribution in [-0.2, 0) is 14.8 Å². The van der Waals surface area contributed by atoms with E-state index in [1.165, 1.54) is 18.2 Å². The van der Waals surface area contributed by atoms with Crippen LogP contribution in [0.2, 0.25) is 0 Å². The number of carbonyl (C=O) groups excluding carboxylic acids is 1. The van der Waals surface area contributed by atoms with Crippen LogP contribution in [0.5, 0.6) is 0 Å². The van der Waals surface area contributed by atoms with E-state index in [0.29, 0.717) is 37.9 Å². The predicted octanol–water partition coefficient (Wildman–Crippen LogP) is 3.67. The number of nitrogens with zero attached hydrogens (tertiary/aromatic N) is 1. The number of sulfonamides is 1. The Bertz CT molecular complexity index is 1100. The third kappa shape index (κ3) is 4.65. The number of amides is 1. The minimum Gasteiger partial charge on any atom is -0.341 e. The highest BCUT2D eigenvalue weighted by molar-refractivity contribution is 7.88. The standard InChI is InChI=1S/C23H26F2N2O3S/c1-23(26-31(2,29)30)11-6-12-27(14-23)22(28)18-13-17(18)15-7-3-4-8-16(15)21-19(24)9-5-10-20(21)25/h3-5,7-10,17-18,26H,6,11-14H2,1-2H3/t17-,18+,23-/m0/s1. The van der Waals surface area contributed by atoms with Gasteiger partial charge in [-0.2, -0.15) is 0 Å². The Labute approximate surface area is 181 Å². The first kappa shape index (κ1) is 21.9. The van der Waals surface area contributed by atoms with Gasteiger partial charge in [0, 0.05) is 24.5 Å². The fourth-order valence-electron chi connectivity index (χ4n) is 4.81. The Morgan fingerprint density at radius 2 is 1.81 bits per heavy atom. The molecule has 166 valence electrons. The Kier molecular flexibility index (Phi) is 5.64. The summed E-state index contributed by atoms with van der Waals surface area (Å²) in [5.74, 6) is -1.67. The number of rotatable bonds is 5. The number of carbonyl (C=O) groups is 1. The number of piperidine rings is 1. The minimum absolute atomic E-state index is 0.0324. The van der Waals surface area contributed by atoms with Gasteiger partial charge in [-0.3, -0.25) is 4.79 Å². The first-order valence-electron chi connectivity index (χ1n) is 10.4. The lowest BCUT2D eigenvalue weighted by Gasteiger charge is -2.40. The van der Waals surface area contributed by atoms with E-state index >= 15 is 0 Å². The smallest absolute Gasteiger partial charge is 0.226 e. The zero-order valence-corrected chi connectivity index (χ0v) is 18.4. The van der Waals surface area contributed by atoms with Crippen molar-refractivity contribution < 1.29 is 22.0 Å². The van der Waals surface area contributed by atoms with Crippen LogP contribution in [-0.4, -0.2) is 44.1 Å². The lowest BCUT2D eigenvalue weighted by molar-refractivity contribution is -0.134. The molecule has 0 aromatic heterocycles. The van der Waals surface area contributed by atoms with Gasteiger partial charge in [-0.1, -0.05) is 30.3 Å². The van der Waals surface area contributed by atoms with Gasteiger partial charge in [0.1, 0.15) is 11.6 Å². The molecule has 5 nitrogen and oxygen atoms in total. The molecule has 2 fully saturated rings. The zero-order valence-electron chi connectivity index (χ0n) is 17.6. The molecule has 1 saturated heterocycles. The lowest BCUT2D eigenvalue weighted by Crippen LogP contribution is -2.57. The van der Waals surface area contributed by atoms with Crippen molar-refractivity contribution >= 4 is 15.9 Å². The van der Waals surface area contributed by atoms with Crippen LogP contribution in [0.3, 0.4) is 0 Å². The van der Waals surface area contributed by atoms with Crippen molar-refractivity contribution in [1.29, 1.82) is 0 Å².